The summed E-state index contributed by atoms with van der Waals surface area (Å²) in [5.41, 5.74) is -1.30. The molecule has 1 aromatic carbocycles. The summed E-state index contributed by atoms with van der Waals surface area (Å²) >= 11 is 9.61. The number of thioether (sulfide) groups is 1. The number of nitrogens with one attached hydrogen (secondary N) is 1. The number of halogens is 5. The van der Waals surface area contributed by atoms with Gasteiger partial charge in [-0.1, -0.05) is 23.4 Å². The van der Waals surface area contributed by atoms with Gasteiger partial charge in [0.2, 0.25) is 0 Å². The Morgan fingerprint density at radius 2 is 2.16 bits per heavy atom. The fourth-order valence-electron chi connectivity index (χ4n) is 1.17. The molecule has 1 N–H and O–H groups in total. The zero-order valence-corrected chi connectivity index (χ0v) is 12.5. The normalized spacial score (nSPS) is 12.2. The van der Waals surface area contributed by atoms with Gasteiger partial charge in [-0.25, -0.2) is 4.99 Å². The molecule has 0 fully saturated rings. The molecule has 1 aromatic rings. The summed E-state index contributed by atoms with van der Waals surface area (Å²) in [6, 6.07) is 2.09. The highest BCUT2D eigenvalue weighted by Crippen LogP contribution is 2.42. The number of aliphatic imine (C=N–C) groups is 1. The highest BCUT2D eigenvalue weighted by molar-refractivity contribution is 9.10. The number of hydrogen-bond donors (Lipinski definition) is 1. The van der Waals surface area contributed by atoms with Gasteiger partial charge in [0.15, 0.2) is 11.4 Å². The van der Waals surface area contributed by atoms with Crippen LogP contribution >= 0.6 is 39.3 Å². The second-order valence-corrected chi connectivity index (χ2v) is 5.23. The molecule has 102 valence electrons. The van der Waals surface area contributed by atoms with Crippen molar-refractivity contribution in [2.24, 2.45) is 4.99 Å². The Balaban J connectivity index is 3.46. The second-order valence-electron chi connectivity index (χ2n) is 3.14. The molecule has 0 heterocycles. The number of nitriles is 1. The van der Waals surface area contributed by atoms with Crippen molar-refractivity contribution < 1.29 is 13.2 Å². The highest BCUT2D eigenvalue weighted by Gasteiger charge is 2.35. The molecule has 19 heavy (non-hydrogen) atoms. The van der Waals surface area contributed by atoms with Crippen LogP contribution in [0.25, 0.3) is 0 Å². The Hall–Kier alpha value is -0.910. The van der Waals surface area contributed by atoms with Gasteiger partial charge in [0, 0.05) is 9.50 Å². The van der Waals surface area contributed by atoms with Gasteiger partial charge in [-0.3, -0.25) is 5.32 Å². The predicted octanol–water partition coefficient (Wildman–Crippen LogP) is 4.54. The Kier molecular flexibility index (Phi) is 5.52. The van der Waals surface area contributed by atoms with Crippen molar-refractivity contribution in [3.05, 3.63) is 27.2 Å². The van der Waals surface area contributed by atoms with Gasteiger partial charge < -0.3 is 0 Å². The first-order valence-electron chi connectivity index (χ1n) is 4.63. The van der Waals surface area contributed by atoms with Crippen molar-refractivity contribution in [1.29, 1.82) is 5.26 Å². The van der Waals surface area contributed by atoms with Gasteiger partial charge in [-0.15, -0.1) is 0 Å². The van der Waals surface area contributed by atoms with E-state index in [1.165, 1.54) is 6.07 Å². The number of hydrogen-bond acceptors (Lipinski definition) is 3. The van der Waals surface area contributed by atoms with Gasteiger partial charge in [-0.2, -0.15) is 18.4 Å². The molecule has 0 aliphatic heterocycles. The molecule has 0 radical (unpaired) electrons. The number of rotatable bonds is 1. The van der Waals surface area contributed by atoms with Gasteiger partial charge >= 0.3 is 6.18 Å². The van der Waals surface area contributed by atoms with Crippen molar-refractivity contribution in [2.75, 3.05) is 6.26 Å². The SMILES string of the molecule is CSC(=Nc1c(Br)cc(Cl)cc1C(F)(F)F)NC#N. The molecule has 0 bridgehead atoms. The number of nitrogens with zero attached hydrogens (tertiary/aromatic N) is 2. The van der Waals surface area contributed by atoms with Crippen LogP contribution in [0.1, 0.15) is 5.56 Å². The molecule has 0 amide bonds. The second kappa shape index (κ2) is 6.50. The maximum Gasteiger partial charge on any atom is 0.418 e. The largest absolute Gasteiger partial charge is 0.418 e. The highest BCUT2D eigenvalue weighted by atomic mass is 79.9. The van der Waals surface area contributed by atoms with E-state index in [0.29, 0.717) is 0 Å². The Labute approximate surface area is 125 Å². The van der Waals surface area contributed by atoms with Crippen LogP contribution in [0.5, 0.6) is 0 Å². The van der Waals surface area contributed by atoms with Crippen LogP contribution in [0.2, 0.25) is 5.02 Å². The summed E-state index contributed by atoms with van der Waals surface area (Å²) in [5, 5.41) is 10.7. The molecule has 0 spiro atoms. The van der Waals surface area contributed by atoms with Crippen LogP contribution in [-0.4, -0.2) is 11.4 Å². The third-order valence-electron chi connectivity index (χ3n) is 1.90. The maximum atomic E-state index is 12.9. The van der Waals surface area contributed by atoms with E-state index in [1.807, 2.05) is 0 Å². The van der Waals surface area contributed by atoms with Crippen molar-refractivity contribution in [3.8, 4) is 6.19 Å². The Morgan fingerprint density at radius 3 is 2.63 bits per heavy atom. The number of amidine groups is 1. The average Bonchev–Trinajstić information content (AvgIpc) is 2.29. The van der Waals surface area contributed by atoms with Crippen LogP contribution in [0, 0.1) is 11.5 Å². The minimum absolute atomic E-state index is 0.0519. The molecule has 0 aliphatic carbocycles. The van der Waals surface area contributed by atoms with E-state index in [0.717, 1.165) is 17.8 Å². The standard InChI is InChI=1S/C10H6BrClF3N3S/c1-19-9(17-4-16)18-8-6(10(13,14)15)2-5(12)3-7(8)11/h2-3H,1H3,(H,17,18). The third-order valence-corrected chi connectivity index (χ3v) is 3.31. The molecule has 3 nitrogen and oxygen atoms in total. The summed E-state index contributed by atoms with van der Waals surface area (Å²) in [4.78, 5) is 3.79. The first kappa shape index (κ1) is 16.1. The lowest BCUT2D eigenvalue weighted by atomic mass is 10.2. The topological polar surface area (TPSA) is 48.2 Å². The predicted molar refractivity (Wildman–Crippen MR) is 73.5 cm³/mol. The minimum atomic E-state index is -4.59. The first-order valence-corrected chi connectivity index (χ1v) is 7.03. The molecule has 0 atom stereocenters. The number of alkyl halides is 3. The Bertz CT molecular complexity index is 554. The van der Waals surface area contributed by atoms with Crippen molar-refractivity contribution in [2.45, 2.75) is 6.18 Å². The van der Waals surface area contributed by atoms with E-state index >= 15 is 0 Å². The molecule has 0 saturated carbocycles. The molecule has 0 aliphatic rings. The monoisotopic (exact) mass is 371 g/mol. The molecule has 9 heteroatoms. The molecule has 0 saturated heterocycles. The lowest BCUT2D eigenvalue weighted by Gasteiger charge is -2.12. The van der Waals surface area contributed by atoms with E-state index in [2.05, 4.69) is 26.2 Å². The van der Waals surface area contributed by atoms with Crippen LogP contribution in [0.4, 0.5) is 18.9 Å². The Morgan fingerprint density at radius 1 is 1.53 bits per heavy atom. The average molecular weight is 373 g/mol. The van der Waals surface area contributed by atoms with Crippen molar-refractivity contribution in [1.82, 2.24) is 5.32 Å². The first-order chi connectivity index (χ1) is 8.79. The smallest absolute Gasteiger partial charge is 0.271 e. The van der Waals surface area contributed by atoms with Gasteiger partial charge in [0.25, 0.3) is 0 Å². The van der Waals surface area contributed by atoms with E-state index < -0.39 is 11.7 Å². The zero-order valence-electron chi connectivity index (χ0n) is 9.35. The summed E-state index contributed by atoms with van der Waals surface area (Å²) in [6.45, 7) is 0. The molecule has 0 aromatic heterocycles. The molecule has 0 unspecified atom stereocenters. The van der Waals surface area contributed by atoms with Crippen LogP contribution in [0.15, 0.2) is 21.6 Å². The summed E-state index contributed by atoms with van der Waals surface area (Å²) in [7, 11) is 0. The van der Waals surface area contributed by atoms with E-state index in [4.69, 9.17) is 16.9 Å². The lowest BCUT2D eigenvalue weighted by molar-refractivity contribution is -0.137. The van der Waals surface area contributed by atoms with Crippen molar-refractivity contribution in [3.63, 3.8) is 0 Å². The van der Waals surface area contributed by atoms with Gasteiger partial charge in [0.05, 0.1) is 11.3 Å². The van der Waals surface area contributed by atoms with Crippen LogP contribution in [0.3, 0.4) is 0 Å². The maximum absolute atomic E-state index is 12.9. The van der Waals surface area contributed by atoms with E-state index in [-0.39, 0.29) is 20.4 Å². The fraction of sp³-hybridized carbons (Fsp3) is 0.200. The molecular formula is C10H6BrClF3N3S. The number of benzene rings is 1. The molecule has 1 rings (SSSR count). The van der Waals surface area contributed by atoms with Crippen LogP contribution < -0.4 is 5.32 Å². The lowest BCUT2D eigenvalue weighted by Crippen LogP contribution is -2.13. The van der Waals surface area contributed by atoms with Crippen LogP contribution in [-0.2, 0) is 6.18 Å². The quantitative estimate of drug-likeness (QED) is 0.341. The van der Waals surface area contributed by atoms with E-state index in [9.17, 15) is 13.2 Å². The van der Waals surface area contributed by atoms with Gasteiger partial charge in [-0.05, 0) is 34.3 Å². The van der Waals surface area contributed by atoms with E-state index in [1.54, 1.807) is 12.4 Å². The van der Waals surface area contributed by atoms with Crippen molar-refractivity contribution >= 4 is 50.1 Å². The summed E-state index contributed by atoms with van der Waals surface area (Å²) in [5.74, 6) is 0. The third kappa shape index (κ3) is 4.30. The zero-order chi connectivity index (χ0) is 14.6. The molecular weight excluding hydrogens is 367 g/mol. The van der Waals surface area contributed by atoms with Gasteiger partial charge in [0.1, 0.15) is 0 Å². The minimum Gasteiger partial charge on any atom is -0.271 e. The fourth-order valence-corrected chi connectivity index (χ4v) is 2.40. The summed E-state index contributed by atoms with van der Waals surface area (Å²) < 4.78 is 38.8. The summed E-state index contributed by atoms with van der Waals surface area (Å²) in [6.07, 6.45) is -1.41.